The van der Waals surface area contributed by atoms with Crippen molar-refractivity contribution in [1.29, 1.82) is 0 Å². The van der Waals surface area contributed by atoms with Crippen LogP contribution in [-0.2, 0) is 4.74 Å². The fraction of sp³-hybridized carbons (Fsp3) is 0.176. The number of hydrogen-bond acceptors (Lipinski definition) is 4. The first-order valence-electron chi connectivity index (χ1n) is 7.11. The molecule has 2 amide bonds. The summed E-state index contributed by atoms with van der Waals surface area (Å²) >= 11 is 1.61. The Morgan fingerprint density at radius 3 is 2.43 bits per heavy atom. The zero-order chi connectivity index (χ0) is 16.7. The number of nitrogens with one attached hydrogen (secondary N) is 2. The zero-order valence-electron chi connectivity index (χ0n) is 13.0. The maximum atomic E-state index is 12.3. The van der Waals surface area contributed by atoms with Crippen LogP contribution in [0.4, 0.5) is 16.2 Å². The second-order valence-corrected chi connectivity index (χ2v) is 5.49. The molecule has 2 aromatic rings. The van der Waals surface area contributed by atoms with Gasteiger partial charge in [-0.3, -0.25) is 10.1 Å². The second-order valence-electron chi connectivity index (χ2n) is 4.61. The van der Waals surface area contributed by atoms with Crippen LogP contribution in [0, 0.1) is 0 Å². The van der Waals surface area contributed by atoms with Gasteiger partial charge in [-0.25, -0.2) is 4.79 Å². The van der Waals surface area contributed by atoms with E-state index in [1.165, 1.54) is 0 Å². The van der Waals surface area contributed by atoms with Crippen LogP contribution in [0.15, 0.2) is 53.4 Å². The standard InChI is InChI=1S/C17H18N2O3S/c1-3-22-17(21)19-13-7-4-6-12(10-13)16(20)18-14-8-5-9-15(11-14)23-2/h4-11H,3H2,1-2H3,(H,18,20)(H,19,21). The lowest BCUT2D eigenvalue weighted by atomic mass is 10.2. The SMILES string of the molecule is CCOC(=O)Nc1cccc(C(=O)Nc2cccc(SC)c2)c1. The van der Waals surface area contributed by atoms with Crippen molar-refractivity contribution in [2.75, 3.05) is 23.5 Å². The third kappa shape index (κ3) is 5.03. The molecule has 0 aliphatic heterocycles. The molecule has 0 aliphatic carbocycles. The molecule has 5 nitrogen and oxygen atoms in total. The minimum absolute atomic E-state index is 0.240. The molecule has 0 spiro atoms. The van der Waals surface area contributed by atoms with E-state index in [4.69, 9.17) is 4.74 Å². The van der Waals surface area contributed by atoms with Gasteiger partial charge >= 0.3 is 6.09 Å². The molecular formula is C17H18N2O3S. The number of ether oxygens (including phenoxy) is 1. The highest BCUT2D eigenvalue weighted by Gasteiger charge is 2.09. The first kappa shape index (κ1) is 16.9. The molecule has 0 aromatic heterocycles. The number of carbonyl (C=O) groups is 2. The van der Waals surface area contributed by atoms with Gasteiger partial charge in [0.15, 0.2) is 0 Å². The molecule has 0 saturated carbocycles. The van der Waals surface area contributed by atoms with E-state index in [0.717, 1.165) is 10.6 Å². The van der Waals surface area contributed by atoms with Gasteiger partial charge in [-0.2, -0.15) is 0 Å². The molecule has 0 heterocycles. The summed E-state index contributed by atoms with van der Waals surface area (Å²) in [7, 11) is 0. The summed E-state index contributed by atoms with van der Waals surface area (Å²) < 4.78 is 4.81. The van der Waals surface area contributed by atoms with Gasteiger partial charge < -0.3 is 10.1 Å². The molecular weight excluding hydrogens is 312 g/mol. The van der Waals surface area contributed by atoms with Crippen LogP contribution >= 0.6 is 11.8 Å². The average molecular weight is 330 g/mol. The van der Waals surface area contributed by atoms with Crippen molar-refractivity contribution in [3.63, 3.8) is 0 Å². The van der Waals surface area contributed by atoms with Crippen LogP contribution in [0.5, 0.6) is 0 Å². The summed E-state index contributed by atoms with van der Waals surface area (Å²) in [5.41, 5.74) is 1.69. The van der Waals surface area contributed by atoms with Crippen LogP contribution < -0.4 is 10.6 Å². The molecule has 6 heteroatoms. The van der Waals surface area contributed by atoms with E-state index in [0.29, 0.717) is 11.3 Å². The lowest BCUT2D eigenvalue weighted by Gasteiger charge is -2.09. The van der Waals surface area contributed by atoms with Gasteiger partial charge in [-0.15, -0.1) is 11.8 Å². The number of carbonyl (C=O) groups excluding carboxylic acids is 2. The summed E-state index contributed by atoms with van der Waals surface area (Å²) in [4.78, 5) is 24.8. The minimum atomic E-state index is -0.544. The fourth-order valence-electron chi connectivity index (χ4n) is 1.93. The molecule has 0 fully saturated rings. The number of amides is 2. The first-order chi connectivity index (χ1) is 11.1. The molecule has 120 valence electrons. The smallest absolute Gasteiger partial charge is 0.411 e. The highest BCUT2D eigenvalue weighted by molar-refractivity contribution is 7.98. The monoisotopic (exact) mass is 330 g/mol. The van der Waals surface area contributed by atoms with E-state index < -0.39 is 6.09 Å². The van der Waals surface area contributed by atoms with Crippen LogP contribution in [-0.4, -0.2) is 24.9 Å². The lowest BCUT2D eigenvalue weighted by molar-refractivity contribution is 0.102. The third-order valence-corrected chi connectivity index (χ3v) is 3.70. The average Bonchev–Trinajstić information content (AvgIpc) is 2.55. The molecule has 0 atom stereocenters. The van der Waals surface area contributed by atoms with Crippen LogP contribution in [0.3, 0.4) is 0 Å². The van der Waals surface area contributed by atoms with Crippen molar-refractivity contribution < 1.29 is 14.3 Å². The summed E-state index contributed by atoms with van der Waals surface area (Å²) in [6, 6.07) is 14.3. The van der Waals surface area contributed by atoms with Gasteiger partial charge in [-0.1, -0.05) is 12.1 Å². The summed E-state index contributed by atoms with van der Waals surface area (Å²) in [6.07, 6.45) is 1.43. The minimum Gasteiger partial charge on any atom is -0.450 e. The van der Waals surface area contributed by atoms with Gasteiger partial charge in [0.2, 0.25) is 0 Å². The van der Waals surface area contributed by atoms with Crippen molar-refractivity contribution in [1.82, 2.24) is 0 Å². The zero-order valence-corrected chi connectivity index (χ0v) is 13.8. The van der Waals surface area contributed by atoms with Crippen molar-refractivity contribution in [3.8, 4) is 0 Å². The van der Waals surface area contributed by atoms with Gasteiger partial charge in [0.25, 0.3) is 5.91 Å². The molecule has 0 unspecified atom stereocenters. The number of benzene rings is 2. The van der Waals surface area contributed by atoms with Crippen LogP contribution in [0.2, 0.25) is 0 Å². The highest BCUT2D eigenvalue weighted by atomic mass is 32.2. The number of hydrogen-bond donors (Lipinski definition) is 2. The maximum absolute atomic E-state index is 12.3. The highest BCUT2D eigenvalue weighted by Crippen LogP contribution is 2.20. The Morgan fingerprint density at radius 1 is 1.04 bits per heavy atom. The predicted octanol–water partition coefficient (Wildman–Crippen LogP) is 4.23. The van der Waals surface area contributed by atoms with Gasteiger partial charge in [0.05, 0.1) is 6.61 Å². The Kier molecular flexibility index (Phi) is 6.05. The van der Waals surface area contributed by atoms with E-state index in [1.807, 2.05) is 30.5 Å². The van der Waals surface area contributed by atoms with E-state index in [9.17, 15) is 9.59 Å². The number of rotatable bonds is 5. The molecule has 0 radical (unpaired) electrons. The molecule has 0 aliphatic rings. The second kappa shape index (κ2) is 8.24. The quantitative estimate of drug-likeness (QED) is 0.805. The lowest BCUT2D eigenvalue weighted by Crippen LogP contribution is -2.15. The number of anilines is 2. The third-order valence-electron chi connectivity index (χ3n) is 2.97. The van der Waals surface area contributed by atoms with E-state index in [-0.39, 0.29) is 12.5 Å². The van der Waals surface area contributed by atoms with Crippen LogP contribution in [0.25, 0.3) is 0 Å². The van der Waals surface area contributed by atoms with Gasteiger partial charge in [0.1, 0.15) is 0 Å². The molecule has 2 aromatic carbocycles. The molecule has 0 saturated heterocycles. The van der Waals surface area contributed by atoms with Gasteiger partial charge in [-0.05, 0) is 49.6 Å². The molecule has 2 N–H and O–H groups in total. The van der Waals surface area contributed by atoms with Crippen molar-refractivity contribution in [3.05, 3.63) is 54.1 Å². The van der Waals surface area contributed by atoms with E-state index in [2.05, 4.69) is 10.6 Å². The normalized spacial score (nSPS) is 10.0. The Labute approximate surface area is 139 Å². The summed E-state index contributed by atoms with van der Waals surface area (Å²) in [5, 5.41) is 5.42. The molecule has 0 bridgehead atoms. The summed E-state index contributed by atoms with van der Waals surface area (Å²) in [6.45, 7) is 2.02. The van der Waals surface area contributed by atoms with E-state index in [1.54, 1.807) is 43.0 Å². The largest absolute Gasteiger partial charge is 0.450 e. The molecule has 23 heavy (non-hydrogen) atoms. The number of thioether (sulfide) groups is 1. The Bertz CT molecular complexity index is 704. The molecule has 2 rings (SSSR count). The Balaban J connectivity index is 2.08. The van der Waals surface area contributed by atoms with Crippen LogP contribution in [0.1, 0.15) is 17.3 Å². The summed E-state index contributed by atoms with van der Waals surface area (Å²) in [5.74, 6) is -0.240. The first-order valence-corrected chi connectivity index (χ1v) is 8.34. The van der Waals surface area contributed by atoms with Crippen molar-refractivity contribution in [2.24, 2.45) is 0 Å². The van der Waals surface area contributed by atoms with E-state index >= 15 is 0 Å². The van der Waals surface area contributed by atoms with Gasteiger partial charge in [0, 0.05) is 21.8 Å². The maximum Gasteiger partial charge on any atom is 0.411 e. The predicted molar refractivity (Wildman–Crippen MR) is 93.3 cm³/mol. The fourth-order valence-corrected chi connectivity index (χ4v) is 2.39. The Morgan fingerprint density at radius 2 is 1.74 bits per heavy atom. The Hall–Kier alpha value is -2.47. The van der Waals surface area contributed by atoms with Crippen molar-refractivity contribution >= 4 is 35.1 Å². The topological polar surface area (TPSA) is 67.4 Å². The van der Waals surface area contributed by atoms with Crippen molar-refractivity contribution in [2.45, 2.75) is 11.8 Å².